The van der Waals surface area contributed by atoms with E-state index in [0.29, 0.717) is 23.6 Å². The predicted octanol–water partition coefficient (Wildman–Crippen LogP) is 2.46. The monoisotopic (exact) mass is 366 g/mol. The molecule has 1 saturated heterocycles. The quantitative estimate of drug-likeness (QED) is 0.788. The van der Waals surface area contributed by atoms with Crippen molar-refractivity contribution in [2.75, 3.05) is 25.0 Å². The van der Waals surface area contributed by atoms with Gasteiger partial charge in [0.2, 0.25) is 11.8 Å². The first-order valence-corrected chi connectivity index (χ1v) is 9.41. The number of amides is 2. The van der Waals surface area contributed by atoms with Crippen LogP contribution in [0, 0.1) is 5.92 Å². The predicted molar refractivity (Wildman–Crippen MR) is 105 cm³/mol. The first-order chi connectivity index (χ1) is 13.1. The van der Waals surface area contributed by atoms with Crippen LogP contribution in [0.3, 0.4) is 0 Å². The van der Waals surface area contributed by atoms with Gasteiger partial charge in [-0.15, -0.1) is 0 Å². The molecule has 2 amide bonds. The summed E-state index contributed by atoms with van der Waals surface area (Å²) >= 11 is 0. The molecule has 1 atom stereocenters. The lowest BCUT2D eigenvalue weighted by Gasteiger charge is -2.32. The fraction of sp³-hybridized carbons (Fsp3) is 0.381. The van der Waals surface area contributed by atoms with E-state index in [4.69, 9.17) is 5.73 Å². The minimum Gasteiger partial charge on any atom is -0.366 e. The van der Waals surface area contributed by atoms with Crippen molar-refractivity contribution < 1.29 is 9.59 Å². The van der Waals surface area contributed by atoms with Gasteiger partial charge in [0.15, 0.2) is 0 Å². The van der Waals surface area contributed by atoms with Crippen LogP contribution < -0.4 is 11.1 Å². The smallest absolute Gasteiger partial charge is 0.248 e. The number of carbonyl (C=O) groups excluding carboxylic acids is 2. The number of primary amides is 1. The number of nitrogens with two attached hydrogens (primary N) is 1. The zero-order valence-corrected chi connectivity index (χ0v) is 15.4. The van der Waals surface area contributed by atoms with Crippen LogP contribution in [0.15, 0.2) is 48.8 Å². The summed E-state index contributed by atoms with van der Waals surface area (Å²) in [6.07, 6.45) is 7.64. The van der Waals surface area contributed by atoms with E-state index in [-0.39, 0.29) is 5.91 Å². The zero-order valence-electron chi connectivity index (χ0n) is 15.4. The van der Waals surface area contributed by atoms with Gasteiger partial charge < -0.3 is 16.0 Å². The first kappa shape index (κ1) is 19.0. The summed E-state index contributed by atoms with van der Waals surface area (Å²) < 4.78 is 0. The van der Waals surface area contributed by atoms with Crippen LogP contribution in [-0.4, -0.2) is 41.3 Å². The van der Waals surface area contributed by atoms with E-state index in [9.17, 15) is 9.59 Å². The molecular weight excluding hydrogens is 340 g/mol. The average molecular weight is 366 g/mol. The van der Waals surface area contributed by atoms with Gasteiger partial charge in [-0.2, -0.15) is 0 Å². The van der Waals surface area contributed by atoms with Gasteiger partial charge in [0.25, 0.3) is 0 Å². The number of piperidine rings is 1. The van der Waals surface area contributed by atoms with Gasteiger partial charge in [-0.3, -0.25) is 14.6 Å². The second-order valence-electron chi connectivity index (χ2n) is 7.11. The fourth-order valence-electron chi connectivity index (χ4n) is 3.57. The number of pyridine rings is 1. The Labute approximate surface area is 159 Å². The molecule has 27 heavy (non-hydrogen) atoms. The van der Waals surface area contributed by atoms with Crippen LogP contribution in [0.1, 0.15) is 35.2 Å². The molecule has 1 fully saturated rings. The molecule has 3 N–H and O–H groups in total. The minimum atomic E-state index is -0.473. The van der Waals surface area contributed by atoms with Crippen molar-refractivity contribution in [3.8, 4) is 0 Å². The lowest BCUT2D eigenvalue weighted by atomic mass is 9.92. The van der Waals surface area contributed by atoms with Gasteiger partial charge >= 0.3 is 0 Å². The standard InChI is InChI=1S/C21H26N4O2/c22-21(27)18-5-7-19(8-6-18)24-20(26)9-12-25-11-2-4-17(15-25)13-16-3-1-10-23-14-16/h1,3,5-8,10,14,17H,2,4,9,11-13,15H2,(H2,22,27)(H,24,26)/t17-/m0/s1. The number of benzene rings is 1. The summed E-state index contributed by atoms with van der Waals surface area (Å²) in [5.74, 6) is 0.127. The molecule has 2 heterocycles. The highest BCUT2D eigenvalue weighted by atomic mass is 16.2. The molecule has 0 saturated carbocycles. The molecule has 0 spiro atoms. The number of hydrogen-bond acceptors (Lipinski definition) is 4. The Morgan fingerprint density at radius 1 is 1.22 bits per heavy atom. The molecule has 1 aliphatic heterocycles. The number of likely N-dealkylation sites (tertiary alicyclic amines) is 1. The van der Waals surface area contributed by atoms with Crippen LogP contribution >= 0.6 is 0 Å². The summed E-state index contributed by atoms with van der Waals surface area (Å²) in [7, 11) is 0. The third-order valence-corrected chi connectivity index (χ3v) is 4.96. The van der Waals surface area contributed by atoms with Crippen LogP contribution in [0.4, 0.5) is 5.69 Å². The molecule has 1 aromatic carbocycles. The van der Waals surface area contributed by atoms with Crippen LogP contribution in [0.25, 0.3) is 0 Å². The van der Waals surface area contributed by atoms with Crippen LogP contribution in [0.5, 0.6) is 0 Å². The number of anilines is 1. The Bertz CT molecular complexity index is 762. The normalized spacial score (nSPS) is 17.4. The van der Waals surface area contributed by atoms with E-state index in [1.54, 1.807) is 30.5 Å². The number of carbonyl (C=O) groups is 2. The number of nitrogens with one attached hydrogen (secondary N) is 1. The van der Waals surface area contributed by atoms with E-state index in [0.717, 1.165) is 26.1 Å². The minimum absolute atomic E-state index is 0.0174. The molecular formula is C21H26N4O2. The summed E-state index contributed by atoms with van der Waals surface area (Å²) in [5, 5.41) is 2.87. The van der Waals surface area contributed by atoms with Crippen molar-refractivity contribution in [2.45, 2.75) is 25.7 Å². The highest BCUT2D eigenvalue weighted by Gasteiger charge is 2.20. The molecule has 3 rings (SSSR count). The largest absolute Gasteiger partial charge is 0.366 e. The van der Waals surface area contributed by atoms with Gasteiger partial charge in [0.1, 0.15) is 0 Å². The summed E-state index contributed by atoms with van der Waals surface area (Å²) in [6, 6.07) is 10.7. The number of nitrogens with zero attached hydrogens (tertiary/aromatic N) is 2. The van der Waals surface area contributed by atoms with Crippen molar-refractivity contribution in [1.82, 2.24) is 9.88 Å². The SMILES string of the molecule is NC(=O)c1ccc(NC(=O)CCN2CCC[C@@H](Cc3cccnc3)C2)cc1. The van der Waals surface area contributed by atoms with E-state index in [2.05, 4.69) is 21.3 Å². The molecule has 6 nitrogen and oxygen atoms in total. The first-order valence-electron chi connectivity index (χ1n) is 9.41. The number of aromatic nitrogens is 1. The summed E-state index contributed by atoms with van der Waals surface area (Å²) in [5.41, 5.74) is 7.61. The van der Waals surface area contributed by atoms with Crippen LogP contribution in [-0.2, 0) is 11.2 Å². The molecule has 0 bridgehead atoms. The van der Waals surface area contributed by atoms with Crippen molar-refractivity contribution in [3.05, 3.63) is 59.9 Å². The summed E-state index contributed by atoms with van der Waals surface area (Å²) in [4.78, 5) is 29.9. The van der Waals surface area contributed by atoms with Gasteiger partial charge in [0.05, 0.1) is 0 Å². The Hall–Kier alpha value is -2.73. The van der Waals surface area contributed by atoms with Crippen LogP contribution in [0.2, 0.25) is 0 Å². The van der Waals surface area contributed by atoms with Gasteiger partial charge in [-0.25, -0.2) is 0 Å². The maximum Gasteiger partial charge on any atom is 0.248 e. The molecule has 0 radical (unpaired) electrons. The maximum absolute atomic E-state index is 12.2. The molecule has 142 valence electrons. The Morgan fingerprint density at radius 2 is 2.04 bits per heavy atom. The second kappa shape index (κ2) is 9.28. The van der Waals surface area contributed by atoms with Crippen molar-refractivity contribution in [2.24, 2.45) is 11.7 Å². The highest BCUT2D eigenvalue weighted by Crippen LogP contribution is 2.20. The Kier molecular flexibility index (Phi) is 6.54. The maximum atomic E-state index is 12.2. The van der Waals surface area contributed by atoms with E-state index in [1.165, 1.54) is 18.4 Å². The molecule has 0 unspecified atom stereocenters. The van der Waals surface area contributed by atoms with Gasteiger partial charge in [-0.05, 0) is 67.6 Å². The highest BCUT2D eigenvalue weighted by molar-refractivity contribution is 5.94. The molecule has 6 heteroatoms. The zero-order chi connectivity index (χ0) is 19.1. The third kappa shape index (κ3) is 5.89. The fourth-order valence-corrected chi connectivity index (χ4v) is 3.57. The third-order valence-electron chi connectivity index (χ3n) is 4.96. The van der Waals surface area contributed by atoms with E-state index in [1.807, 2.05) is 12.3 Å². The van der Waals surface area contributed by atoms with Gasteiger partial charge in [0, 0.05) is 43.2 Å². The molecule has 0 aliphatic carbocycles. The lowest BCUT2D eigenvalue weighted by molar-refractivity contribution is -0.116. The molecule has 1 aliphatic rings. The van der Waals surface area contributed by atoms with E-state index < -0.39 is 5.91 Å². The van der Waals surface area contributed by atoms with Gasteiger partial charge in [-0.1, -0.05) is 6.07 Å². The Balaban J connectivity index is 1.43. The van der Waals surface area contributed by atoms with Crippen molar-refractivity contribution in [1.29, 1.82) is 0 Å². The van der Waals surface area contributed by atoms with Crippen molar-refractivity contribution in [3.63, 3.8) is 0 Å². The van der Waals surface area contributed by atoms with E-state index >= 15 is 0 Å². The second-order valence-corrected chi connectivity index (χ2v) is 7.11. The lowest BCUT2D eigenvalue weighted by Crippen LogP contribution is -2.38. The van der Waals surface area contributed by atoms with Crippen molar-refractivity contribution >= 4 is 17.5 Å². The molecule has 2 aromatic rings. The molecule has 1 aromatic heterocycles. The Morgan fingerprint density at radius 3 is 2.74 bits per heavy atom. The number of hydrogen-bond donors (Lipinski definition) is 2. The average Bonchev–Trinajstić information content (AvgIpc) is 2.68. The summed E-state index contributed by atoms with van der Waals surface area (Å²) in [6.45, 7) is 2.83. The topological polar surface area (TPSA) is 88.3 Å². The number of rotatable bonds is 7.